The highest BCUT2D eigenvalue weighted by atomic mass is 79.9. The summed E-state index contributed by atoms with van der Waals surface area (Å²) in [6.07, 6.45) is -4.44. The third kappa shape index (κ3) is 3.83. The first kappa shape index (κ1) is 14.7. The molecule has 18 heavy (non-hydrogen) atoms. The van der Waals surface area contributed by atoms with E-state index in [0.717, 1.165) is 18.2 Å². The van der Waals surface area contributed by atoms with Crippen molar-refractivity contribution in [3.05, 3.63) is 29.3 Å². The molecule has 1 atom stereocenters. The Morgan fingerprint density at radius 2 is 2.06 bits per heavy atom. The van der Waals surface area contributed by atoms with Crippen molar-refractivity contribution >= 4 is 28.0 Å². The summed E-state index contributed by atoms with van der Waals surface area (Å²) in [4.78, 5) is 21.8. The molecule has 0 aromatic heterocycles. The molecule has 1 unspecified atom stereocenters. The minimum atomic E-state index is -4.84. The van der Waals surface area contributed by atoms with Crippen LogP contribution in [0.25, 0.3) is 0 Å². The van der Waals surface area contributed by atoms with Crippen molar-refractivity contribution in [3.8, 4) is 5.75 Å². The van der Waals surface area contributed by atoms with Crippen molar-refractivity contribution < 1.29 is 27.5 Å². The molecule has 0 aliphatic heterocycles. The Kier molecular flexibility index (Phi) is 4.50. The minimum absolute atomic E-state index is 0.0147. The lowest BCUT2D eigenvalue weighted by atomic mass is 10.0. The largest absolute Gasteiger partial charge is 0.573 e. The zero-order valence-corrected chi connectivity index (χ0v) is 10.7. The molecule has 98 valence electrons. The second kappa shape index (κ2) is 5.51. The Morgan fingerprint density at radius 3 is 2.50 bits per heavy atom. The van der Waals surface area contributed by atoms with Crippen LogP contribution in [0, 0.1) is 0 Å². The first-order chi connectivity index (χ1) is 8.24. The van der Waals surface area contributed by atoms with E-state index in [1.54, 1.807) is 0 Å². The lowest BCUT2D eigenvalue weighted by Gasteiger charge is -2.11. The molecule has 3 nitrogen and oxygen atoms in total. The number of aldehydes is 1. The maximum Gasteiger partial charge on any atom is 0.573 e. The zero-order chi connectivity index (χ0) is 13.9. The number of rotatable bonds is 4. The fourth-order valence-electron chi connectivity index (χ4n) is 1.26. The van der Waals surface area contributed by atoms with Gasteiger partial charge < -0.3 is 4.74 Å². The molecule has 0 saturated carbocycles. The van der Waals surface area contributed by atoms with E-state index in [9.17, 15) is 22.8 Å². The predicted octanol–water partition coefficient (Wildman–Crippen LogP) is 3.36. The number of ether oxygens (including phenoxy) is 1. The number of halogens is 4. The molecule has 1 aromatic carbocycles. The number of Topliss-reactive ketones (excluding diaryl/α,β-unsaturated/α-hetero) is 1. The zero-order valence-electron chi connectivity index (χ0n) is 9.12. The van der Waals surface area contributed by atoms with Crippen molar-refractivity contribution in [1.82, 2.24) is 0 Å². The van der Waals surface area contributed by atoms with Crippen LogP contribution < -0.4 is 4.74 Å². The van der Waals surface area contributed by atoms with Crippen molar-refractivity contribution in [1.29, 1.82) is 0 Å². The van der Waals surface area contributed by atoms with Crippen LogP contribution in [0.4, 0.5) is 13.2 Å². The average Bonchev–Trinajstić information content (AvgIpc) is 2.25. The predicted molar refractivity (Wildman–Crippen MR) is 61.2 cm³/mol. The van der Waals surface area contributed by atoms with Gasteiger partial charge in [-0.3, -0.25) is 9.59 Å². The molecule has 7 heteroatoms. The van der Waals surface area contributed by atoms with Gasteiger partial charge in [0, 0.05) is 11.1 Å². The number of carbonyl (C=O) groups is 2. The van der Waals surface area contributed by atoms with E-state index >= 15 is 0 Å². The standard InChI is InChI=1S/C11H8BrF3O3/c1-6(12)10(17)9-4-8(18-11(13,14)15)3-2-7(9)5-16/h2-6H,1H3. The van der Waals surface area contributed by atoms with Gasteiger partial charge in [-0.2, -0.15) is 0 Å². The topological polar surface area (TPSA) is 43.4 Å². The molecule has 0 fully saturated rings. The number of hydrogen-bond acceptors (Lipinski definition) is 3. The molecule has 0 saturated heterocycles. The number of benzene rings is 1. The van der Waals surface area contributed by atoms with Gasteiger partial charge in [0.2, 0.25) is 0 Å². The van der Waals surface area contributed by atoms with E-state index in [1.165, 1.54) is 6.92 Å². The van der Waals surface area contributed by atoms with Crippen molar-refractivity contribution in [2.24, 2.45) is 0 Å². The van der Waals surface area contributed by atoms with Gasteiger partial charge in [-0.05, 0) is 25.1 Å². The molecule has 1 aromatic rings. The SMILES string of the molecule is CC(Br)C(=O)c1cc(OC(F)(F)F)ccc1C=O. The van der Waals surface area contributed by atoms with Crippen LogP contribution in [-0.4, -0.2) is 23.3 Å². The number of hydrogen-bond donors (Lipinski definition) is 0. The van der Waals surface area contributed by atoms with Gasteiger partial charge in [0.25, 0.3) is 0 Å². The third-order valence-corrected chi connectivity index (χ3v) is 2.43. The van der Waals surface area contributed by atoms with Crippen LogP contribution >= 0.6 is 15.9 Å². The summed E-state index contributed by atoms with van der Waals surface area (Å²) < 4.78 is 39.8. The molecule has 0 spiro atoms. The molecule has 1 rings (SSSR count). The summed E-state index contributed by atoms with van der Waals surface area (Å²) in [7, 11) is 0. The number of carbonyl (C=O) groups excluding carboxylic acids is 2. The Bertz CT molecular complexity index is 469. The summed E-state index contributed by atoms with van der Waals surface area (Å²) in [5.41, 5.74) is -0.100. The van der Waals surface area contributed by atoms with Gasteiger partial charge in [-0.15, -0.1) is 13.2 Å². The van der Waals surface area contributed by atoms with Crippen LogP contribution in [0.15, 0.2) is 18.2 Å². The Hall–Kier alpha value is -1.37. The Balaban J connectivity index is 3.18. The highest BCUT2D eigenvalue weighted by Gasteiger charge is 2.31. The van der Waals surface area contributed by atoms with Gasteiger partial charge >= 0.3 is 6.36 Å². The van der Waals surface area contributed by atoms with E-state index in [2.05, 4.69) is 20.7 Å². The van der Waals surface area contributed by atoms with Crippen molar-refractivity contribution in [2.75, 3.05) is 0 Å². The summed E-state index contributed by atoms with van der Waals surface area (Å²) >= 11 is 3.00. The molecular weight excluding hydrogens is 317 g/mol. The van der Waals surface area contributed by atoms with Crippen LogP contribution in [-0.2, 0) is 0 Å². The molecule has 0 aliphatic rings. The van der Waals surface area contributed by atoms with Crippen molar-refractivity contribution in [3.63, 3.8) is 0 Å². The molecule has 0 N–H and O–H groups in total. The van der Waals surface area contributed by atoms with Gasteiger partial charge in [0.1, 0.15) is 5.75 Å². The second-order valence-electron chi connectivity index (χ2n) is 3.39. The van der Waals surface area contributed by atoms with Gasteiger partial charge in [-0.1, -0.05) is 15.9 Å². The lowest BCUT2D eigenvalue weighted by molar-refractivity contribution is -0.274. The number of ketones is 1. The van der Waals surface area contributed by atoms with Gasteiger partial charge in [0.15, 0.2) is 12.1 Å². The van der Waals surface area contributed by atoms with E-state index in [1.807, 2.05) is 0 Å². The fourth-order valence-corrected chi connectivity index (χ4v) is 1.51. The maximum absolute atomic E-state index is 12.0. The molecule has 0 aliphatic carbocycles. The lowest BCUT2D eigenvalue weighted by Crippen LogP contribution is -2.18. The smallest absolute Gasteiger partial charge is 0.406 e. The molecular formula is C11H8BrF3O3. The number of alkyl halides is 4. The molecule has 0 bridgehead atoms. The van der Waals surface area contributed by atoms with Crippen molar-refractivity contribution in [2.45, 2.75) is 18.1 Å². The Morgan fingerprint density at radius 1 is 1.44 bits per heavy atom. The second-order valence-corrected chi connectivity index (χ2v) is 4.77. The average molecular weight is 325 g/mol. The van der Waals surface area contributed by atoms with Gasteiger partial charge in [-0.25, -0.2) is 0 Å². The van der Waals surface area contributed by atoms with Crippen LogP contribution in [0.2, 0.25) is 0 Å². The summed E-state index contributed by atoms with van der Waals surface area (Å²) in [5, 5.41) is 0. The van der Waals surface area contributed by atoms with E-state index in [4.69, 9.17) is 0 Å². The normalized spacial score (nSPS) is 12.9. The summed E-state index contributed by atoms with van der Waals surface area (Å²) in [5.74, 6) is -1.03. The monoisotopic (exact) mass is 324 g/mol. The quantitative estimate of drug-likeness (QED) is 0.484. The third-order valence-electron chi connectivity index (χ3n) is 2.01. The summed E-state index contributed by atoms with van der Waals surface area (Å²) in [6, 6.07) is 2.99. The van der Waals surface area contributed by atoms with E-state index in [0.29, 0.717) is 6.29 Å². The van der Waals surface area contributed by atoms with Crippen LogP contribution in [0.5, 0.6) is 5.75 Å². The first-order valence-electron chi connectivity index (χ1n) is 4.78. The van der Waals surface area contributed by atoms with Gasteiger partial charge in [0.05, 0.1) is 4.83 Å². The highest BCUT2D eigenvalue weighted by molar-refractivity contribution is 9.10. The highest BCUT2D eigenvalue weighted by Crippen LogP contribution is 2.26. The van der Waals surface area contributed by atoms with Crippen LogP contribution in [0.3, 0.4) is 0 Å². The molecule has 0 amide bonds. The Labute approximate surface area is 109 Å². The fraction of sp³-hybridized carbons (Fsp3) is 0.273. The first-order valence-corrected chi connectivity index (χ1v) is 5.69. The maximum atomic E-state index is 12.0. The minimum Gasteiger partial charge on any atom is -0.406 e. The molecule has 0 heterocycles. The van der Waals surface area contributed by atoms with E-state index < -0.39 is 22.7 Å². The van der Waals surface area contributed by atoms with E-state index in [-0.39, 0.29) is 11.1 Å². The summed E-state index contributed by atoms with van der Waals surface area (Å²) in [6.45, 7) is 1.51. The van der Waals surface area contributed by atoms with Crippen LogP contribution in [0.1, 0.15) is 27.6 Å². The molecule has 0 radical (unpaired) electrons.